The zero-order valence-electron chi connectivity index (χ0n) is 16.5. The Morgan fingerprint density at radius 2 is 1.79 bits per heavy atom. The Labute approximate surface area is 174 Å². The van der Waals surface area contributed by atoms with E-state index in [9.17, 15) is 10.2 Å². The van der Waals surface area contributed by atoms with E-state index in [0.717, 1.165) is 28.9 Å². The number of thiazole rings is 1. The lowest BCUT2D eigenvalue weighted by atomic mass is 9.96. The van der Waals surface area contributed by atoms with Crippen LogP contribution in [0.5, 0.6) is 11.5 Å². The van der Waals surface area contributed by atoms with Crippen LogP contribution < -0.4 is 4.80 Å². The predicted octanol–water partition coefficient (Wildman–Crippen LogP) is 5.13. The van der Waals surface area contributed by atoms with Gasteiger partial charge < -0.3 is 10.2 Å². The van der Waals surface area contributed by atoms with Crippen LogP contribution >= 0.6 is 11.3 Å². The van der Waals surface area contributed by atoms with E-state index in [2.05, 4.69) is 17.5 Å². The average molecular weight is 408 g/mol. The highest BCUT2D eigenvalue weighted by Crippen LogP contribution is 2.25. The van der Waals surface area contributed by atoms with E-state index in [4.69, 9.17) is 10.1 Å². The summed E-state index contributed by atoms with van der Waals surface area (Å²) < 4.78 is 1.89. The maximum atomic E-state index is 10.2. The standard InChI is InChI=1S/C23H25N3O2S/c1-16(20-13-12-19(27)14-22(20)28)25-26-21(17-8-4-2-5-9-17)15-29-23(26)24-18-10-6-3-7-11-18/h2,4-5,8-9,12-15,18,27-28H,3,6-7,10-11H2,1H3. The molecule has 1 aliphatic carbocycles. The van der Waals surface area contributed by atoms with E-state index in [1.807, 2.05) is 29.8 Å². The van der Waals surface area contributed by atoms with Crippen molar-refractivity contribution in [2.75, 3.05) is 0 Å². The van der Waals surface area contributed by atoms with E-state index in [1.54, 1.807) is 23.5 Å². The Bertz CT molecular complexity index is 1080. The van der Waals surface area contributed by atoms with Crippen molar-refractivity contribution in [2.45, 2.75) is 45.1 Å². The van der Waals surface area contributed by atoms with E-state index in [0.29, 0.717) is 17.3 Å². The second kappa shape index (κ2) is 8.66. The third kappa shape index (κ3) is 4.43. The molecule has 0 spiro atoms. The molecule has 2 N–H and O–H groups in total. The number of aromatic hydroxyl groups is 2. The first kappa shape index (κ1) is 19.5. The first-order valence-corrected chi connectivity index (χ1v) is 10.9. The van der Waals surface area contributed by atoms with Crippen LogP contribution in [0.1, 0.15) is 44.6 Å². The monoisotopic (exact) mass is 407 g/mol. The normalized spacial score (nSPS) is 16.3. The molecule has 4 rings (SSSR count). The molecule has 0 amide bonds. The summed E-state index contributed by atoms with van der Waals surface area (Å²) in [7, 11) is 0. The summed E-state index contributed by atoms with van der Waals surface area (Å²) in [6.07, 6.45) is 6.01. The lowest BCUT2D eigenvalue weighted by molar-refractivity contribution is 0.435. The third-order valence-corrected chi connectivity index (χ3v) is 6.07. The van der Waals surface area contributed by atoms with Crippen LogP contribution in [-0.2, 0) is 0 Å². The zero-order chi connectivity index (χ0) is 20.2. The fourth-order valence-corrected chi connectivity index (χ4v) is 4.59. The first-order chi connectivity index (χ1) is 14.1. The smallest absolute Gasteiger partial charge is 0.206 e. The SMILES string of the molecule is CC(=Nn1c(-c2ccccc2)csc1=NC1CCCCC1)c1ccc(O)cc1O. The highest BCUT2D eigenvalue weighted by molar-refractivity contribution is 7.07. The Kier molecular flexibility index (Phi) is 5.81. The summed E-state index contributed by atoms with van der Waals surface area (Å²) in [5.74, 6) is 0.0364. The van der Waals surface area contributed by atoms with Crippen molar-refractivity contribution in [3.63, 3.8) is 0 Å². The molecule has 1 aliphatic rings. The maximum absolute atomic E-state index is 10.2. The summed E-state index contributed by atoms with van der Waals surface area (Å²) >= 11 is 1.60. The van der Waals surface area contributed by atoms with Gasteiger partial charge in [0.25, 0.3) is 0 Å². The molecule has 0 aliphatic heterocycles. The molecule has 1 heterocycles. The molecule has 1 fully saturated rings. The number of phenols is 2. The summed E-state index contributed by atoms with van der Waals surface area (Å²) in [6.45, 7) is 1.86. The predicted molar refractivity (Wildman–Crippen MR) is 118 cm³/mol. The molecule has 6 heteroatoms. The van der Waals surface area contributed by atoms with Gasteiger partial charge in [0.1, 0.15) is 11.5 Å². The van der Waals surface area contributed by atoms with Gasteiger partial charge in [-0.15, -0.1) is 11.3 Å². The van der Waals surface area contributed by atoms with E-state index < -0.39 is 0 Å². The molecule has 1 saturated carbocycles. The summed E-state index contributed by atoms with van der Waals surface area (Å²) in [6, 6.07) is 15.0. The highest BCUT2D eigenvalue weighted by atomic mass is 32.1. The number of benzene rings is 2. The molecule has 2 aromatic carbocycles. The largest absolute Gasteiger partial charge is 0.508 e. The van der Waals surface area contributed by atoms with Crippen molar-refractivity contribution < 1.29 is 10.2 Å². The second-order valence-electron chi connectivity index (χ2n) is 7.39. The van der Waals surface area contributed by atoms with Gasteiger partial charge in [0, 0.05) is 22.6 Å². The van der Waals surface area contributed by atoms with E-state index in [1.165, 1.54) is 25.3 Å². The van der Waals surface area contributed by atoms with Gasteiger partial charge in [0.2, 0.25) is 4.80 Å². The van der Waals surface area contributed by atoms with Gasteiger partial charge >= 0.3 is 0 Å². The fourth-order valence-electron chi connectivity index (χ4n) is 3.69. The van der Waals surface area contributed by atoms with Crippen molar-refractivity contribution >= 4 is 17.0 Å². The van der Waals surface area contributed by atoms with Crippen molar-refractivity contribution in [1.82, 2.24) is 4.68 Å². The molecule has 1 aromatic heterocycles. The molecule has 0 unspecified atom stereocenters. The molecule has 0 saturated heterocycles. The highest BCUT2D eigenvalue weighted by Gasteiger charge is 2.15. The zero-order valence-corrected chi connectivity index (χ0v) is 17.3. The van der Waals surface area contributed by atoms with Crippen molar-refractivity contribution in [3.05, 3.63) is 64.3 Å². The van der Waals surface area contributed by atoms with Crippen LogP contribution in [0.3, 0.4) is 0 Å². The first-order valence-electron chi connectivity index (χ1n) is 9.99. The number of hydrogen-bond donors (Lipinski definition) is 2. The van der Waals surface area contributed by atoms with Crippen molar-refractivity contribution in [3.8, 4) is 22.8 Å². The van der Waals surface area contributed by atoms with Crippen molar-refractivity contribution in [2.24, 2.45) is 10.1 Å². The van der Waals surface area contributed by atoms with Gasteiger partial charge in [-0.2, -0.15) is 5.10 Å². The van der Waals surface area contributed by atoms with E-state index >= 15 is 0 Å². The lowest BCUT2D eigenvalue weighted by Gasteiger charge is -2.17. The fraction of sp³-hybridized carbons (Fsp3) is 0.304. The van der Waals surface area contributed by atoms with Crippen LogP contribution in [0.4, 0.5) is 0 Å². The number of nitrogens with zero attached hydrogens (tertiary/aromatic N) is 3. The quantitative estimate of drug-likeness (QED) is 0.588. The molecule has 29 heavy (non-hydrogen) atoms. The van der Waals surface area contributed by atoms with Gasteiger partial charge in [-0.05, 0) is 31.9 Å². The minimum atomic E-state index is 0.00844. The molecule has 150 valence electrons. The second-order valence-corrected chi connectivity index (χ2v) is 8.23. The number of phenolic OH excluding ortho intramolecular Hbond substituents is 2. The maximum Gasteiger partial charge on any atom is 0.206 e. The van der Waals surface area contributed by atoms with E-state index in [-0.39, 0.29) is 11.5 Å². The van der Waals surface area contributed by atoms with Gasteiger partial charge in [0.05, 0.1) is 17.4 Å². The van der Waals surface area contributed by atoms with Crippen LogP contribution in [0.15, 0.2) is 64.0 Å². The van der Waals surface area contributed by atoms with Crippen LogP contribution in [0.2, 0.25) is 0 Å². The van der Waals surface area contributed by atoms with Gasteiger partial charge in [-0.25, -0.2) is 4.68 Å². The minimum Gasteiger partial charge on any atom is -0.508 e. The summed E-state index contributed by atoms with van der Waals surface area (Å²) in [5, 5.41) is 26.7. The van der Waals surface area contributed by atoms with Crippen LogP contribution in [0.25, 0.3) is 11.3 Å². The van der Waals surface area contributed by atoms with Crippen LogP contribution in [0, 0.1) is 0 Å². The Morgan fingerprint density at radius 1 is 1.03 bits per heavy atom. The van der Waals surface area contributed by atoms with Gasteiger partial charge in [0.15, 0.2) is 0 Å². The molecular weight excluding hydrogens is 382 g/mol. The molecule has 5 nitrogen and oxygen atoms in total. The Balaban J connectivity index is 1.82. The lowest BCUT2D eigenvalue weighted by Crippen LogP contribution is -2.19. The number of rotatable bonds is 4. The molecule has 0 radical (unpaired) electrons. The van der Waals surface area contributed by atoms with Crippen molar-refractivity contribution in [1.29, 1.82) is 0 Å². The minimum absolute atomic E-state index is 0.00844. The number of aromatic nitrogens is 1. The molecule has 0 atom stereocenters. The topological polar surface area (TPSA) is 70.1 Å². The molecule has 0 bridgehead atoms. The Morgan fingerprint density at radius 3 is 2.52 bits per heavy atom. The molecule has 3 aromatic rings. The Hall–Kier alpha value is -2.86. The van der Waals surface area contributed by atoms with Gasteiger partial charge in [-0.1, -0.05) is 49.6 Å². The average Bonchev–Trinajstić information content (AvgIpc) is 3.11. The third-order valence-electron chi connectivity index (χ3n) is 5.24. The number of hydrogen-bond acceptors (Lipinski definition) is 5. The molecular formula is C23H25N3O2S. The van der Waals surface area contributed by atoms with Gasteiger partial charge in [-0.3, -0.25) is 4.99 Å². The summed E-state index contributed by atoms with van der Waals surface area (Å²) in [5.41, 5.74) is 3.29. The van der Waals surface area contributed by atoms with Crippen LogP contribution in [-0.4, -0.2) is 26.6 Å². The summed E-state index contributed by atoms with van der Waals surface area (Å²) in [4.78, 5) is 5.89.